The van der Waals surface area contributed by atoms with Gasteiger partial charge in [0.15, 0.2) is 0 Å². The summed E-state index contributed by atoms with van der Waals surface area (Å²) in [4.78, 5) is 0. The van der Waals surface area contributed by atoms with Crippen molar-refractivity contribution in [2.24, 2.45) is 0 Å². The Bertz CT molecular complexity index is 421. The quantitative estimate of drug-likeness (QED) is 0.639. The molecule has 1 aromatic rings. The van der Waals surface area contributed by atoms with Crippen molar-refractivity contribution in [2.75, 3.05) is 13.6 Å². The van der Waals surface area contributed by atoms with E-state index in [0.717, 1.165) is 0 Å². The van der Waals surface area contributed by atoms with Crippen molar-refractivity contribution in [1.82, 2.24) is 5.32 Å². The summed E-state index contributed by atoms with van der Waals surface area (Å²) in [6.45, 7) is 0.598. The molecule has 3 heteroatoms. The van der Waals surface area contributed by atoms with Crippen LogP contribution in [0.15, 0.2) is 18.2 Å². The number of nitrogens with zero attached hydrogens (tertiary/aromatic N) is 1. The van der Waals surface area contributed by atoms with Gasteiger partial charge in [0.1, 0.15) is 11.8 Å². The molecule has 0 saturated carbocycles. The van der Waals surface area contributed by atoms with Crippen LogP contribution in [0.1, 0.15) is 11.1 Å². The predicted molar refractivity (Wildman–Crippen MR) is 53.6 cm³/mol. The van der Waals surface area contributed by atoms with Gasteiger partial charge < -0.3 is 10.4 Å². The highest BCUT2D eigenvalue weighted by atomic mass is 16.3. The van der Waals surface area contributed by atoms with Crippen molar-refractivity contribution < 1.29 is 5.11 Å². The van der Waals surface area contributed by atoms with Gasteiger partial charge in [-0.05, 0) is 25.2 Å². The van der Waals surface area contributed by atoms with Crippen molar-refractivity contribution in [2.45, 2.75) is 0 Å². The zero-order valence-corrected chi connectivity index (χ0v) is 7.83. The van der Waals surface area contributed by atoms with Crippen LogP contribution in [0.2, 0.25) is 0 Å². The van der Waals surface area contributed by atoms with Gasteiger partial charge in [-0.25, -0.2) is 0 Å². The first-order chi connectivity index (χ1) is 6.77. The second kappa shape index (κ2) is 4.91. The molecule has 0 aliphatic heterocycles. The number of phenols is 1. The lowest BCUT2D eigenvalue weighted by Gasteiger charge is -1.95. The highest BCUT2D eigenvalue weighted by Gasteiger charge is 1.98. The molecule has 0 spiro atoms. The molecule has 0 heterocycles. The van der Waals surface area contributed by atoms with Gasteiger partial charge in [-0.1, -0.05) is 11.8 Å². The molecule has 14 heavy (non-hydrogen) atoms. The van der Waals surface area contributed by atoms with Crippen LogP contribution in [-0.2, 0) is 0 Å². The molecule has 70 valence electrons. The molecule has 3 nitrogen and oxygen atoms in total. The van der Waals surface area contributed by atoms with Crippen molar-refractivity contribution in [3.8, 4) is 23.7 Å². The standard InChI is InChI=1S/C11H10N2O/c1-13-6-2-3-9-4-5-10(8-12)11(14)7-9/h4-5,7,13-14H,6H2,1H3. The maximum atomic E-state index is 9.34. The zero-order valence-electron chi connectivity index (χ0n) is 7.83. The van der Waals surface area contributed by atoms with Crippen molar-refractivity contribution >= 4 is 0 Å². The van der Waals surface area contributed by atoms with E-state index in [9.17, 15) is 5.11 Å². The van der Waals surface area contributed by atoms with E-state index in [-0.39, 0.29) is 11.3 Å². The molecular formula is C11H10N2O. The lowest BCUT2D eigenvalue weighted by atomic mass is 10.1. The zero-order chi connectivity index (χ0) is 10.4. The summed E-state index contributed by atoms with van der Waals surface area (Å²) in [6, 6.07) is 6.63. The Morgan fingerprint density at radius 2 is 2.29 bits per heavy atom. The number of rotatable bonds is 1. The van der Waals surface area contributed by atoms with Crippen LogP contribution in [0.3, 0.4) is 0 Å². The Balaban J connectivity index is 2.89. The highest BCUT2D eigenvalue weighted by molar-refractivity contribution is 5.48. The Morgan fingerprint density at radius 1 is 1.50 bits per heavy atom. The normalized spacial score (nSPS) is 8.57. The third-order valence-corrected chi connectivity index (χ3v) is 1.62. The van der Waals surface area contributed by atoms with E-state index in [0.29, 0.717) is 12.1 Å². The average Bonchev–Trinajstić information content (AvgIpc) is 2.18. The third-order valence-electron chi connectivity index (χ3n) is 1.62. The Labute approximate surface area is 83.0 Å². The van der Waals surface area contributed by atoms with Crippen molar-refractivity contribution in [3.05, 3.63) is 29.3 Å². The molecule has 0 aliphatic rings. The first kappa shape index (κ1) is 10.1. The van der Waals surface area contributed by atoms with Crippen molar-refractivity contribution in [1.29, 1.82) is 5.26 Å². The minimum atomic E-state index is -0.0243. The summed E-state index contributed by atoms with van der Waals surface area (Å²) in [7, 11) is 1.81. The van der Waals surface area contributed by atoms with E-state index in [2.05, 4.69) is 17.2 Å². The summed E-state index contributed by atoms with van der Waals surface area (Å²) in [5.41, 5.74) is 0.973. The van der Waals surface area contributed by atoms with Crippen LogP contribution < -0.4 is 5.32 Å². The molecule has 1 rings (SSSR count). The summed E-state index contributed by atoms with van der Waals surface area (Å²) in [5.74, 6) is 5.69. The van der Waals surface area contributed by atoms with Gasteiger partial charge >= 0.3 is 0 Å². The Morgan fingerprint density at radius 3 is 2.86 bits per heavy atom. The summed E-state index contributed by atoms with van der Waals surface area (Å²) in [5, 5.41) is 20.8. The SMILES string of the molecule is CNCC#Cc1ccc(C#N)c(O)c1. The third kappa shape index (κ3) is 2.52. The van der Waals surface area contributed by atoms with Gasteiger partial charge in [-0.15, -0.1) is 0 Å². The van der Waals surface area contributed by atoms with Crippen LogP contribution in [0.25, 0.3) is 0 Å². The number of hydrogen-bond donors (Lipinski definition) is 2. The Kier molecular flexibility index (Phi) is 3.55. The molecule has 0 bridgehead atoms. The molecule has 0 unspecified atom stereocenters. The van der Waals surface area contributed by atoms with Crippen LogP contribution in [-0.4, -0.2) is 18.7 Å². The van der Waals surface area contributed by atoms with Crippen LogP contribution in [0.4, 0.5) is 0 Å². The number of nitrogens with one attached hydrogen (secondary N) is 1. The molecule has 0 saturated heterocycles. The summed E-state index contributed by atoms with van der Waals surface area (Å²) < 4.78 is 0. The van der Waals surface area contributed by atoms with E-state index in [4.69, 9.17) is 5.26 Å². The molecule has 0 atom stereocenters. The summed E-state index contributed by atoms with van der Waals surface area (Å²) >= 11 is 0. The average molecular weight is 186 g/mol. The lowest BCUT2D eigenvalue weighted by Crippen LogP contribution is -2.04. The topological polar surface area (TPSA) is 56.0 Å². The predicted octanol–water partition coefficient (Wildman–Crippen LogP) is 0.835. The van der Waals surface area contributed by atoms with Gasteiger partial charge in [0.2, 0.25) is 0 Å². The molecule has 0 amide bonds. The van der Waals surface area contributed by atoms with Crippen LogP contribution in [0.5, 0.6) is 5.75 Å². The largest absolute Gasteiger partial charge is 0.507 e. The van der Waals surface area contributed by atoms with Crippen LogP contribution >= 0.6 is 0 Å². The fourth-order valence-electron chi connectivity index (χ4n) is 0.939. The van der Waals surface area contributed by atoms with Crippen molar-refractivity contribution in [3.63, 3.8) is 0 Å². The van der Waals surface area contributed by atoms with Gasteiger partial charge in [0.05, 0.1) is 12.1 Å². The lowest BCUT2D eigenvalue weighted by molar-refractivity contribution is 0.473. The van der Waals surface area contributed by atoms with E-state index < -0.39 is 0 Å². The van der Waals surface area contributed by atoms with E-state index in [1.165, 1.54) is 6.07 Å². The second-order valence-corrected chi connectivity index (χ2v) is 2.68. The number of aromatic hydroxyl groups is 1. The smallest absolute Gasteiger partial charge is 0.134 e. The molecule has 1 aromatic carbocycles. The van der Waals surface area contributed by atoms with Gasteiger partial charge in [-0.2, -0.15) is 5.26 Å². The maximum absolute atomic E-state index is 9.34. The monoisotopic (exact) mass is 186 g/mol. The maximum Gasteiger partial charge on any atom is 0.134 e. The first-order valence-corrected chi connectivity index (χ1v) is 4.14. The second-order valence-electron chi connectivity index (χ2n) is 2.68. The Hall–Kier alpha value is -1.97. The summed E-state index contributed by atoms with van der Waals surface area (Å²) in [6.07, 6.45) is 0. The minimum Gasteiger partial charge on any atom is -0.507 e. The number of phenolic OH excluding ortho intramolecular Hbond substituents is 1. The number of hydrogen-bond acceptors (Lipinski definition) is 3. The number of nitriles is 1. The van der Waals surface area contributed by atoms with E-state index in [1.807, 2.05) is 13.1 Å². The molecule has 0 radical (unpaired) electrons. The first-order valence-electron chi connectivity index (χ1n) is 4.14. The number of benzene rings is 1. The molecule has 0 fully saturated rings. The van der Waals surface area contributed by atoms with Gasteiger partial charge in [-0.3, -0.25) is 0 Å². The van der Waals surface area contributed by atoms with E-state index in [1.54, 1.807) is 12.1 Å². The van der Waals surface area contributed by atoms with Crippen LogP contribution in [0, 0.1) is 23.2 Å². The highest BCUT2D eigenvalue weighted by Crippen LogP contribution is 2.16. The fourth-order valence-corrected chi connectivity index (χ4v) is 0.939. The molecule has 2 N–H and O–H groups in total. The van der Waals surface area contributed by atoms with E-state index >= 15 is 0 Å². The van der Waals surface area contributed by atoms with Gasteiger partial charge in [0, 0.05) is 5.56 Å². The fraction of sp³-hybridized carbons (Fsp3) is 0.182. The molecule has 0 aliphatic carbocycles. The minimum absolute atomic E-state index is 0.0243. The molecule has 0 aromatic heterocycles. The van der Waals surface area contributed by atoms with Gasteiger partial charge in [0.25, 0.3) is 0 Å². The molecular weight excluding hydrogens is 176 g/mol.